The highest BCUT2D eigenvalue weighted by atomic mass is 32.2. The topological polar surface area (TPSA) is 76.6 Å². The second kappa shape index (κ2) is 9.54. The van der Waals surface area contributed by atoms with Crippen LogP contribution in [0.2, 0.25) is 0 Å². The van der Waals surface area contributed by atoms with Crippen LogP contribution in [0.15, 0.2) is 47.4 Å². The lowest BCUT2D eigenvalue weighted by atomic mass is 10.1. The van der Waals surface area contributed by atoms with Gasteiger partial charge in [0.2, 0.25) is 5.91 Å². The fraction of sp³-hybridized carbons (Fsp3) is 0.391. The third-order valence-corrected chi connectivity index (χ3v) is 8.37. The number of fused-ring (bicyclic) bond motifs is 1. The van der Waals surface area contributed by atoms with Crippen LogP contribution in [0.25, 0.3) is 10.2 Å². The number of thiazole rings is 1. The van der Waals surface area contributed by atoms with Gasteiger partial charge in [-0.1, -0.05) is 23.5 Å². The maximum atomic E-state index is 13.0. The van der Waals surface area contributed by atoms with E-state index in [1.165, 1.54) is 23.5 Å². The van der Waals surface area contributed by atoms with E-state index in [-0.39, 0.29) is 35.5 Å². The molecule has 4 rings (SSSR count). The first-order valence-corrected chi connectivity index (χ1v) is 13.1. The lowest BCUT2D eigenvalue weighted by Crippen LogP contribution is -2.41. The van der Waals surface area contributed by atoms with Crippen LogP contribution in [0.4, 0.5) is 4.39 Å². The van der Waals surface area contributed by atoms with Gasteiger partial charge < -0.3 is 9.64 Å². The van der Waals surface area contributed by atoms with Crippen molar-refractivity contribution in [3.05, 3.63) is 53.8 Å². The molecule has 0 atom stereocenters. The predicted octanol–water partition coefficient (Wildman–Crippen LogP) is 4.37. The Labute approximate surface area is 190 Å². The molecular weight excluding hydrogens is 451 g/mol. The maximum Gasteiger partial charge on any atom is 0.274 e. The highest BCUT2D eigenvalue weighted by molar-refractivity contribution is 7.91. The standard InChI is InChI=1S/C23H25FN2O4S2/c1-16-4-2-5-20-22(16)25-23(31-20)30-18-11-13-26(14-12-18)21(27)6-3-15-32(28,29)19-9-7-17(24)8-10-19/h2,4-5,7-10,18H,3,6,11-15H2,1H3. The number of benzene rings is 2. The normalized spacial score (nSPS) is 15.2. The number of para-hydroxylation sites is 1. The Morgan fingerprint density at radius 2 is 1.91 bits per heavy atom. The SMILES string of the molecule is Cc1cccc2sc(OC3CCN(C(=O)CCCS(=O)(=O)c4ccc(F)cc4)CC3)nc12. The van der Waals surface area contributed by atoms with E-state index in [9.17, 15) is 17.6 Å². The number of halogens is 1. The molecule has 2 aromatic carbocycles. The van der Waals surface area contributed by atoms with E-state index >= 15 is 0 Å². The highest BCUT2D eigenvalue weighted by Crippen LogP contribution is 2.31. The molecule has 2 heterocycles. The van der Waals surface area contributed by atoms with Gasteiger partial charge in [0.15, 0.2) is 9.84 Å². The Morgan fingerprint density at radius 3 is 2.59 bits per heavy atom. The summed E-state index contributed by atoms with van der Waals surface area (Å²) in [7, 11) is -3.52. The lowest BCUT2D eigenvalue weighted by Gasteiger charge is -2.31. The second-order valence-corrected chi connectivity index (χ2v) is 11.1. The summed E-state index contributed by atoms with van der Waals surface area (Å²) in [6, 6.07) is 10.8. The molecule has 170 valence electrons. The number of ether oxygens (including phenoxy) is 1. The van der Waals surface area contributed by atoms with Crippen molar-refractivity contribution in [2.45, 2.75) is 43.6 Å². The number of nitrogens with zero attached hydrogens (tertiary/aromatic N) is 2. The minimum absolute atomic E-state index is 0.0128. The Hall–Kier alpha value is -2.52. The smallest absolute Gasteiger partial charge is 0.274 e. The molecule has 0 bridgehead atoms. The summed E-state index contributed by atoms with van der Waals surface area (Å²) in [5.74, 6) is -0.667. The molecule has 0 spiro atoms. The van der Waals surface area contributed by atoms with Crippen molar-refractivity contribution in [1.82, 2.24) is 9.88 Å². The molecule has 0 radical (unpaired) electrons. The Morgan fingerprint density at radius 1 is 1.19 bits per heavy atom. The van der Waals surface area contributed by atoms with Crippen LogP contribution in [0.5, 0.6) is 5.19 Å². The van der Waals surface area contributed by atoms with Gasteiger partial charge in [-0.25, -0.2) is 17.8 Å². The van der Waals surface area contributed by atoms with Crippen molar-refractivity contribution in [3.63, 3.8) is 0 Å². The average Bonchev–Trinajstić information content (AvgIpc) is 3.18. The van der Waals surface area contributed by atoms with Crippen molar-refractivity contribution in [2.75, 3.05) is 18.8 Å². The summed E-state index contributed by atoms with van der Waals surface area (Å²) in [5.41, 5.74) is 2.09. The Balaban J connectivity index is 1.23. The molecular formula is C23H25FN2O4S2. The van der Waals surface area contributed by atoms with Crippen molar-refractivity contribution >= 4 is 37.3 Å². The van der Waals surface area contributed by atoms with E-state index in [1.54, 1.807) is 4.90 Å². The molecule has 0 saturated carbocycles. The Bertz CT molecular complexity index is 1200. The molecule has 1 saturated heterocycles. The van der Waals surface area contributed by atoms with E-state index in [2.05, 4.69) is 4.98 Å². The number of carbonyl (C=O) groups is 1. The van der Waals surface area contributed by atoms with Gasteiger partial charge in [-0.3, -0.25) is 4.79 Å². The van der Waals surface area contributed by atoms with Gasteiger partial charge in [-0.15, -0.1) is 0 Å². The third kappa shape index (κ3) is 5.27. The van der Waals surface area contributed by atoms with Gasteiger partial charge in [-0.2, -0.15) is 0 Å². The first kappa shape index (κ1) is 22.7. The summed E-state index contributed by atoms with van der Waals surface area (Å²) < 4.78 is 44.8. The maximum absolute atomic E-state index is 13.0. The van der Waals surface area contributed by atoms with Crippen molar-refractivity contribution in [2.24, 2.45) is 0 Å². The summed E-state index contributed by atoms with van der Waals surface area (Å²) in [6.45, 7) is 3.19. The van der Waals surface area contributed by atoms with Gasteiger partial charge in [0.05, 0.1) is 20.9 Å². The zero-order chi connectivity index (χ0) is 22.7. The number of hydrogen-bond acceptors (Lipinski definition) is 6. The van der Waals surface area contributed by atoms with Crippen molar-refractivity contribution in [3.8, 4) is 5.19 Å². The molecule has 9 heteroatoms. The number of hydrogen-bond donors (Lipinski definition) is 0. The molecule has 32 heavy (non-hydrogen) atoms. The minimum atomic E-state index is -3.52. The number of likely N-dealkylation sites (tertiary alicyclic amines) is 1. The zero-order valence-corrected chi connectivity index (χ0v) is 19.4. The second-order valence-electron chi connectivity index (χ2n) is 7.98. The number of aromatic nitrogens is 1. The average molecular weight is 477 g/mol. The molecule has 1 fully saturated rings. The fourth-order valence-corrected chi connectivity index (χ4v) is 6.08. The zero-order valence-electron chi connectivity index (χ0n) is 17.8. The number of rotatable bonds is 7. The fourth-order valence-electron chi connectivity index (χ4n) is 3.81. The summed E-state index contributed by atoms with van der Waals surface area (Å²) in [4.78, 5) is 19.0. The predicted molar refractivity (Wildman–Crippen MR) is 122 cm³/mol. The first-order valence-electron chi connectivity index (χ1n) is 10.6. The third-order valence-electron chi connectivity index (χ3n) is 5.64. The Kier molecular flexibility index (Phi) is 6.76. The van der Waals surface area contributed by atoms with E-state index in [4.69, 9.17) is 4.74 Å². The summed E-state index contributed by atoms with van der Waals surface area (Å²) >= 11 is 1.53. The van der Waals surface area contributed by atoms with Crippen LogP contribution in [0.1, 0.15) is 31.2 Å². The summed E-state index contributed by atoms with van der Waals surface area (Å²) in [6.07, 6.45) is 1.85. The molecule has 1 aliphatic heterocycles. The molecule has 1 aliphatic rings. The van der Waals surface area contributed by atoms with E-state index in [1.807, 2.05) is 25.1 Å². The van der Waals surface area contributed by atoms with Gasteiger partial charge in [0, 0.05) is 32.4 Å². The van der Waals surface area contributed by atoms with Crippen LogP contribution < -0.4 is 4.74 Å². The van der Waals surface area contributed by atoms with Crippen LogP contribution in [0.3, 0.4) is 0 Å². The van der Waals surface area contributed by atoms with Crippen molar-refractivity contribution < 1.29 is 22.3 Å². The van der Waals surface area contributed by atoms with Crippen molar-refractivity contribution in [1.29, 1.82) is 0 Å². The minimum Gasteiger partial charge on any atom is -0.467 e. The molecule has 0 N–H and O–H groups in total. The molecule has 1 amide bonds. The van der Waals surface area contributed by atoms with Crippen LogP contribution in [0, 0.1) is 12.7 Å². The van der Waals surface area contributed by atoms with Gasteiger partial charge in [-0.05, 0) is 49.2 Å². The van der Waals surface area contributed by atoms with E-state index in [0.29, 0.717) is 31.1 Å². The quantitative estimate of drug-likeness (QED) is 0.474. The highest BCUT2D eigenvalue weighted by Gasteiger charge is 2.25. The monoisotopic (exact) mass is 476 g/mol. The van der Waals surface area contributed by atoms with Gasteiger partial charge in [0.25, 0.3) is 5.19 Å². The van der Waals surface area contributed by atoms with E-state index < -0.39 is 15.7 Å². The molecule has 6 nitrogen and oxygen atoms in total. The number of aryl methyl sites for hydroxylation is 1. The van der Waals surface area contributed by atoms with Crippen LogP contribution in [-0.4, -0.2) is 49.2 Å². The molecule has 1 aromatic heterocycles. The number of carbonyl (C=O) groups excluding carboxylic acids is 1. The summed E-state index contributed by atoms with van der Waals surface area (Å²) in [5, 5.41) is 0.657. The number of amides is 1. The number of sulfone groups is 1. The number of piperidine rings is 1. The lowest BCUT2D eigenvalue weighted by molar-refractivity contribution is -0.133. The van der Waals surface area contributed by atoms with Gasteiger partial charge >= 0.3 is 0 Å². The first-order chi connectivity index (χ1) is 15.3. The van der Waals surface area contributed by atoms with Gasteiger partial charge in [0.1, 0.15) is 11.9 Å². The molecule has 0 aliphatic carbocycles. The van der Waals surface area contributed by atoms with Crippen LogP contribution in [-0.2, 0) is 14.6 Å². The largest absolute Gasteiger partial charge is 0.467 e. The molecule has 3 aromatic rings. The van der Waals surface area contributed by atoms with Crippen LogP contribution >= 0.6 is 11.3 Å². The van der Waals surface area contributed by atoms with E-state index in [0.717, 1.165) is 27.9 Å². The molecule has 0 unspecified atom stereocenters.